The summed E-state index contributed by atoms with van der Waals surface area (Å²) in [5.41, 5.74) is 3.99. The number of para-hydroxylation sites is 1. The van der Waals surface area contributed by atoms with Crippen molar-refractivity contribution in [3.63, 3.8) is 0 Å². The zero-order valence-electron chi connectivity index (χ0n) is 17.8. The number of hydrogen-bond acceptors (Lipinski definition) is 3. The first kappa shape index (κ1) is 19.1. The molecule has 0 amide bonds. The third-order valence-corrected chi connectivity index (χ3v) is 7.64. The molecule has 0 bridgehead atoms. The first-order valence-corrected chi connectivity index (χ1v) is 11.2. The Morgan fingerprint density at radius 1 is 1.03 bits per heavy atom. The second-order valence-corrected chi connectivity index (χ2v) is 9.46. The van der Waals surface area contributed by atoms with E-state index in [-0.39, 0.29) is 5.41 Å². The Labute approximate surface area is 179 Å². The van der Waals surface area contributed by atoms with Crippen LogP contribution in [0.15, 0.2) is 66.9 Å². The molecule has 1 aliphatic heterocycles. The van der Waals surface area contributed by atoms with Crippen LogP contribution < -0.4 is 4.90 Å². The number of pyridine rings is 1. The third-order valence-electron chi connectivity index (χ3n) is 7.64. The number of fused-ring (bicyclic) bond motifs is 2. The van der Waals surface area contributed by atoms with Gasteiger partial charge in [-0.2, -0.15) is 5.26 Å². The zero-order chi connectivity index (χ0) is 20.7. The maximum absolute atomic E-state index is 9.70. The molecule has 1 fully saturated rings. The van der Waals surface area contributed by atoms with E-state index in [1.165, 1.54) is 24.9 Å². The minimum Gasteiger partial charge on any atom is -0.361 e. The van der Waals surface area contributed by atoms with Gasteiger partial charge in [0.25, 0.3) is 0 Å². The van der Waals surface area contributed by atoms with Gasteiger partial charge in [0.2, 0.25) is 0 Å². The molecule has 4 atom stereocenters. The molecule has 2 aliphatic carbocycles. The highest BCUT2D eigenvalue weighted by Crippen LogP contribution is 2.54. The van der Waals surface area contributed by atoms with E-state index in [4.69, 9.17) is 0 Å². The Morgan fingerprint density at radius 3 is 2.70 bits per heavy atom. The van der Waals surface area contributed by atoms with Gasteiger partial charge in [0, 0.05) is 29.4 Å². The zero-order valence-corrected chi connectivity index (χ0v) is 17.8. The topological polar surface area (TPSA) is 39.9 Å². The summed E-state index contributed by atoms with van der Waals surface area (Å²) in [4.78, 5) is 7.32. The highest BCUT2D eigenvalue weighted by Gasteiger charge is 2.52. The van der Waals surface area contributed by atoms with Gasteiger partial charge in [0.05, 0.1) is 17.3 Å². The predicted octanol–water partition coefficient (Wildman–Crippen LogP) is 6.14. The van der Waals surface area contributed by atoms with Gasteiger partial charge in [-0.05, 0) is 55.2 Å². The Hall–Kier alpha value is -2.86. The molecule has 0 radical (unpaired) electrons. The maximum atomic E-state index is 9.70. The van der Waals surface area contributed by atoms with Gasteiger partial charge in [0.1, 0.15) is 6.07 Å². The molecule has 3 nitrogen and oxygen atoms in total. The Morgan fingerprint density at radius 2 is 1.83 bits per heavy atom. The lowest BCUT2D eigenvalue weighted by molar-refractivity contribution is 0.0519. The molecule has 0 saturated carbocycles. The molecule has 152 valence electrons. The predicted molar refractivity (Wildman–Crippen MR) is 122 cm³/mol. The van der Waals surface area contributed by atoms with Gasteiger partial charge in [-0.1, -0.05) is 56.4 Å². The lowest BCUT2D eigenvalue weighted by Crippen LogP contribution is -2.62. The third kappa shape index (κ3) is 2.89. The first-order valence-electron chi connectivity index (χ1n) is 11.2. The number of nitriles is 1. The van der Waals surface area contributed by atoms with Crippen molar-refractivity contribution in [2.75, 3.05) is 4.90 Å². The fourth-order valence-electron chi connectivity index (χ4n) is 6.21. The molecule has 30 heavy (non-hydrogen) atoms. The molecule has 2 heterocycles. The molecule has 2 aromatic rings. The van der Waals surface area contributed by atoms with E-state index in [0.29, 0.717) is 29.5 Å². The van der Waals surface area contributed by atoms with Crippen LogP contribution in [-0.4, -0.2) is 17.1 Å². The van der Waals surface area contributed by atoms with Crippen LogP contribution in [0.1, 0.15) is 45.1 Å². The maximum Gasteiger partial charge on any atom is 0.101 e. The van der Waals surface area contributed by atoms with Crippen molar-refractivity contribution in [1.29, 1.82) is 5.26 Å². The van der Waals surface area contributed by atoms with Crippen LogP contribution in [0.2, 0.25) is 0 Å². The second kappa shape index (κ2) is 7.43. The van der Waals surface area contributed by atoms with E-state index in [9.17, 15) is 5.26 Å². The largest absolute Gasteiger partial charge is 0.361 e. The highest BCUT2D eigenvalue weighted by atomic mass is 15.2. The smallest absolute Gasteiger partial charge is 0.101 e. The number of allylic oxidation sites excluding steroid dienone is 2. The summed E-state index contributed by atoms with van der Waals surface area (Å²) in [6.45, 7) is 4.96. The van der Waals surface area contributed by atoms with Crippen molar-refractivity contribution in [2.24, 2.45) is 17.3 Å². The quantitative estimate of drug-likeness (QED) is 0.574. The van der Waals surface area contributed by atoms with E-state index in [0.717, 1.165) is 17.7 Å². The van der Waals surface area contributed by atoms with Crippen LogP contribution in [-0.2, 0) is 0 Å². The van der Waals surface area contributed by atoms with Crippen molar-refractivity contribution in [3.05, 3.63) is 72.5 Å². The van der Waals surface area contributed by atoms with Crippen molar-refractivity contribution in [1.82, 2.24) is 4.98 Å². The average molecular weight is 396 g/mol. The van der Waals surface area contributed by atoms with Gasteiger partial charge in [-0.15, -0.1) is 0 Å². The van der Waals surface area contributed by atoms with Crippen molar-refractivity contribution < 1.29 is 0 Å². The summed E-state index contributed by atoms with van der Waals surface area (Å²) in [7, 11) is 0. The molecule has 0 spiro atoms. The number of anilines is 1. The number of aromatic nitrogens is 1. The van der Waals surface area contributed by atoms with E-state index < -0.39 is 0 Å². The van der Waals surface area contributed by atoms with Crippen LogP contribution in [0.4, 0.5) is 5.69 Å². The van der Waals surface area contributed by atoms with E-state index in [1.54, 1.807) is 6.20 Å². The Bertz CT molecular complexity index is 1040. The van der Waals surface area contributed by atoms with Gasteiger partial charge in [-0.3, -0.25) is 4.98 Å². The van der Waals surface area contributed by atoms with Crippen molar-refractivity contribution >= 4 is 5.69 Å². The number of hydrogen-bond donors (Lipinski definition) is 0. The molecule has 4 unspecified atom stereocenters. The lowest BCUT2D eigenvalue weighted by Gasteiger charge is -2.60. The summed E-state index contributed by atoms with van der Waals surface area (Å²) in [6, 6.07) is 15.5. The molecule has 1 aromatic carbocycles. The van der Waals surface area contributed by atoms with Gasteiger partial charge in [0.15, 0.2) is 0 Å². The molecule has 5 rings (SSSR count). The van der Waals surface area contributed by atoms with Gasteiger partial charge < -0.3 is 4.90 Å². The molecular formula is C27H29N3. The summed E-state index contributed by atoms with van der Waals surface area (Å²) < 4.78 is 0. The number of nitrogens with zero attached hydrogens (tertiary/aromatic N) is 3. The molecule has 1 saturated heterocycles. The standard InChI is InChI=1S/C27H29N3/c1-27(2)21-12-4-7-15-24(21)30(25-16-8-5-13-22(25)27)23-14-6-3-11-20(23)26-19(18-28)10-9-17-29-26/h3-4,6,8-12,14,16-17,21-22,24-25H,5,7,13,15H2,1-2H3. The monoisotopic (exact) mass is 395 g/mol. The van der Waals surface area contributed by atoms with Crippen molar-refractivity contribution in [3.8, 4) is 17.3 Å². The molecule has 1 aromatic heterocycles. The summed E-state index contributed by atoms with van der Waals surface area (Å²) in [5, 5.41) is 9.70. The van der Waals surface area contributed by atoms with Crippen LogP contribution in [0, 0.1) is 28.6 Å². The fraction of sp³-hybridized carbons (Fsp3) is 0.407. The number of rotatable bonds is 2. The van der Waals surface area contributed by atoms with Gasteiger partial charge >= 0.3 is 0 Å². The molecule has 3 heteroatoms. The minimum absolute atomic E-state index is 0.269. The van der Waals surface area contributed by atoms with Crippen molar-refractivity contribution in [2.45, 2.75) is 51.6 Å². The van der Waals surface area contributed by atoms with E-state index in [2.05, 4.69) is 78.4 Å². The first-order chi connectivity index (χ1) is 14.6. The van der Waals surface area contributed by atoms with Gasteiger partial charge in [-0.25, -0.2) is 0 Å². The van der Waals surface area contributed by atoms with Crippen LogP contribution >= 0.6 is 0 Å². The van der Waals surface area contributed by atoms with E-state index >= 15 is 0 Å². The van der Waals surface area contributed by atoms with E-state index in [1.807, 2.05) is 12.1 Å². The lowest BCUT2D eigenvalue weighted by atomic mass is 9.56. The fourth-order valence-corrected chi connectivity index (χ4v) is 6.21. The summed E-state index contributed by atoms with van der Waals surface area (Å²) in [6.07, 6.45) is 16.2. The number of benzene rings is 1. The van der Waals surface area contributed by atoms with Crippen LogP contribution in [0.5, 0.6) is 0 Å². The van der Waals surface area contributed by atoms with Crippen LogP contribution in [0.3, 0.4) is 0 Å². The molecule has 0 N–H and O–H groups in total. The van der Waals surface area contributed by atoms with Crippen LogP contribution in [0.25, 0.3) is 11.3 Å². The summed E-state index contributed by atoms with van der Waals surface area (Å²) >= 11 is 0. The second-order valence-electron chi connectivity index (χ2n) is 9.46. The summed E-state index contributed by atoms with van der Waals surface area (Å²) in [5.74, 6) is 1.14. The Balaban J connectivity index is 1.70. The minimum atomic E-state index is 0.269. The molecular weight excluding hydrogens is 366 g/mol. The normalized spacial score (nSPS) is 29.0. The highest BCUT2D eigenvalue weighted by molar-refractivity contribution is 5.80. The average Bonchev–Trinajstić information content (AvgIpc) is 2.80. The SMILES string of the molecule is CC1(C)C2C=CCCC2N(c2ccccc2-c2ncccc2C#N)C2C=CCCC21. The Kier molecular flexibility index (Phi) is 4.74. The molecule has 3 aliphatic rings. The number of piperidine rings is 1.